The molecule has 2 aromatic rings. The van der Waals surface area contributed by atoms with E-state index in [1.54, 1.807) is 54.5 Å². The summed E-state index contributed by atoms with van der Waals surface area (Å²) in [5, 5.41) is 12.3. The van der Waals surface area contributed by atoms with Crippen molar-refractivity contribution in [3.8, 4) is 5.75 Å². The highest BCUT2D eigenvalue weighted by Crippen LogP contribution is 2.53. The number of cyclic esters (lactones) is 1. The van der Waals surface area contributed by atoms with Gasteiger partial charge in [-0.25, -0.2) is 0 Å². The van der Waals surface area contributed by atoms with Gasteiger partial charge in [0.2, 0.25) is 11.8 Å². The Morgan fingerprint density at radius 3 is 2.52 bits per heavy atom. The smallest absolute Gasteiger partial charge is 0.313 e. The molecule has 1 spiro atoms. The van der Waals surface area contributed by atoms with Gasteiger partial charge in [-0.15, -0.1) is 0 Å². The molecule has 0 radical (unpaired) electrons. The van der Waals surface area contributed by atoms with Crippen LogP contribution in [0.2, 0.25) is 0 Å². The topological polar surface area (TPSA) is 135 Å². The fraction of sp³-hybridized carbons (Fsp3) is 0.429. The lowest BCUT2D eigenvalue weighted by Gasteiger charge is -2.35. The highest BCUT2D eigenvalue weighted by atomic mass is 16.6. The molecular formula is C35H39N3O8. The number of aliphatic hydroxyl groups excluding tert-OH is 1. The van der Waals surface area contributed by atoms with Crippen LogP contribution < -0.4 is 15.0 Å². The molecule has 2 saturated heterocycles. The van der Waals surface area contributed by atoms with Crippen molar-refractivity contribution in [1.82, 2.24) is 10.2 Å². The largest absolute Gasteiger partial charge is 0.497 e. The summed E-state index contributed by atoms with van der Waals surface area (Å²) in [5.74, 6) is -2.94. The predicted molar refractivity (Wildman–Crippen MR) is 168 cm³/mol. The SMILES string of the molecule is COc1ccc(N2CC=C[C@@]34O[C@H]5/C=C\CCC(=O)NC[C@H](c6ccccc6)OC(=O)[C@H]5[C@@H]3C(=O)N(CCCCO)[C@H]4C2=O)cc1. The average molecular weight is 630 g/mol. The summed E-state index contributed by atoms with van der Waals surface area (Å²) in [4.78, 5) is 58.9. The molecule has 2 aromatic carbocycles. The van der Waals surface area contributed by atoms with Gasteiger partial charge in [0.25, 0.3) is 5.91 Å². The van der Waals surface area contributed by atoms with Crippen LogP contribution in [0.4, 0.5) is 5.69 Å². The molecule has 0 bridgehead atoms. The van der Waals surface area contributed by atoms with Crippen LogP contribution in [0.25, 0.3) is 0 Å². The van der Waals surface area contributed by atoms with Crippen LogP contribution in [-0.4, -0.2) is 84.8 Å². The molecule has 3 amide bonds. The molecule has 6 atom stereocenters. The Morgan fingerprint density at radius 2 is 1.78 bits per heavy atom. The first-order valence-corrected chi connectivity index (χ1v) is 15.8. The van der Waals surface area contributed by atoms with Crippen molar-refractivity contribution in [2.45, 2.75) is 49.5 Å². The van der Waals surface area contributed by atoms with Gasteiger partial charge < -0.3 is 34.4 Å². The zero-order valence-electron chi connectivity index (χ0n) is 25.7. The van der Waals surface area contributed by atoms with Gasteiger partial charge in [0.1, 0.15) is 29.4 Å². The number of benzene rings is 2. The lowest BCUT2D eigenvalue weighted by molar-refractivity contribution is -0.159. The Labute approximate surface area is 267 Å². The number of hydrogen-bond donors (Lipinski definition) is 2. The highest BCUT2D eigenvalue weighted by Gasteiger charge is 2.71. The molecule has 46 heavy (non-hydrogen) atoms. The van der Waals surface area contributed by atoms with Gasteiger partial charge in [-0.1, -0.05) is 54.6 Å². The number of ether oxygens (including phenoxy) is 3. The van der Waals surface area contributed by atoms with E-state index in [1.807, 2.05) is 36.4 Å². The summed E-state index contributed by atoms with van der Waals surface area (Å²) in [6.45, 7) is 0.467. The fourth-order valence-corrected chi connectivity index (χ4v) is 7.03. The van der Waals surface area contributed by atoms with Gasteiger partial charge in [0.05, 0.1) is 25.7 Å². The molecule has 2 fully saturated rings. The minimum atomic E-state index is -1.44. The van der Waals surface area contributed by atoms with Crippen LogP contribution in [-0.2, 0) is 28.7 Å². The van der Waals surface area contributed by atoms with Crippen LogP contribution in [0.15, 0.2) is 78.9 Å². The maximum Gasteiger partial charge on any atom is 0.313 e. The van der Waals surface area contributed by atoms with E-state index in [0.29, 0.717) is 36.3 Å². The van der Waals surface area contributed by atoms with E-state index in [1.165, 1.54) is 4.90 Å². The van der Waals surface area contributed by atoms with E-state index >= 15 is 0 Å². The number of carbonyl (C=O) groups excluding carboxylic acids is 4. The van der Waals surface area contributed by atoms with Crippen molar-refractivity contribution in [2.24, 2.45) is 11.8 Å². The second-order valence-electron chi connectivity index (χ2n) is 12.0. The number of esters is 1. The number of unbranched alkanes of at least 4 members (excludes halogenated alkanes) is 1. The number of methoxy groups -OCH3 is 1. The summed E-state index contributed by atoms with van der Waals surface area (Å²) in [6, 6.07) is 15.2. The number of anilines is 1. The maximum atomic E-state index is 14.6. The minimum Gasteiger partial charge on any atom is -0.497 e. The molecular weight excluding hydrogens is 590 g/mol. The van der Waals surface area contributed by atoms with Crippen LogP contribution in [0.1, 0.15) is 37.4 Å². The van der Waals surface area contributed by atoms with E-state index in [9.17, 15) is 24.3 Å². The van der Waals surface area contributed by atoms with Crippen molar-refractivity contribution < 1.29 is 38.5 Å². The number of aliphatic hydroxyl groups is 1. The molecule has 11 heteroatoms. The van der Waals surface area contributed by atoms with Crippen molar-refractivity contribution in [2.75, 3.05) is 38.3 Å². The number of fused-ring (bicyclic) bond motifs is 2. The van der Waals surface area contributed by atoms with Gasteiger partial charge in [-0.2, -0.15) is 0 Å². The normalized spacial score (nSPS) is 30.3. The van der Waals surface area contributed by atoms with Crippen LogP contribution in [0.3, 0.4) is 0 Å². The fourth-order valence-electron chi connectivity index (χ4n) is 7.03. The van der Waals surface area contributed by atoms with Gasteiger partial charge in [0.15, 0.2) is 0 Å². The Bertz CT molecular complexity index is 1510. The molecule has 0 unspecified atom stereocenters. The number of hydrogen-bond acceptors (Lipinski definition) is 8. The molecule has 4 aliphatic rings. The molecule has 4 heterocycles. The summed E-state index contributed by atoms with van der Waals surface area (Å²) >= 11 is 0. The Morgan fingerprint density at radius 1 is 1.00 bits per heavy atom. The lowest BCUT2D eigenvalue weighted by atomic mass is 9.78. The van der Waals surface area contributed by atoms with Gasteiger partial charge in [-0.3, -0.25) is 19.2 Å². The Kier molecular flexibility index (Phi) is 9.23. The lowest BCUT2D eigenvalue weighted by Crippen LogP contribution is -2.55. The predicted octanol–water partition coefficient (Wildman–Crippen LogP) is 2.70. The number of carbonyl (C=O) groups is 4. The summed E-state index contributed by atoms with van der Waals surface area (Å²) < 4.78 is 18.1. The number of allylic oxidation sites excluding steroid dienone is 1. The van der Waals surface area contributed by atoms with Crippen molar-refractivity contribution in [3.05, 3.63) is 84.5 Å². The Balaban J connectivity index is 1.41. The second kappa shape index (κ2) is 13.5. The Hall–Kier alpha value is -4.48. The molecule has 6 rings (SSSR count). The average Bonchev–Trinajstić information content (AvgIpc) is 3.45. The van der Waals surface area contributed by atoms with Crippen molar-refractivity contribution in [1.29, 1.82) is 0 Å². The van der Waals surface area contributed by atoms with Crippen LogP contribution >= 0.6 is 0 Å². The standard InChI is InChI=1S/C35H39N3O8/c1-44-25-16-14-24(15-17-25)37-20-9-18-35-30(32(41)38(19-7-8-21-39)31(35)33(37)42)29-26(46-35)12-5-6-13-28(40)36-22-27(45-34(29)43)23-10-3-2-4-11-23/h2-5,9-12,14-18,26-27,29-31,39H,6-8,13,19-22H2,1H3,(H,36,40)/b12-5-/t26-,27+,29+,30+,31-,35+/m0/s1. The zero-order valence-corrected chi connectivity index (χ0v) is 25.7. The van der Waals surface area contributed by atoms with Gasteiger partial charge >= 0.3 is 5.97 Å². The molecule has 2 N–H and O–H groups in total. The molecule has 242 valence electrons. The van der Waals surface area contributed by atoms with Gasteiger partial charge in [0, 0.05) is 31.8 Å². The zero-order chi connectivity index (χ0) is 32.3. The first-order chi connectivity index (χ1) is 22.4. The second-order valence-corrected chi connectivity index (χ2v) is 12.0. The number of likely N-dealkylation sites (tertiary alicyclic amines) is 1. The molecule has 0 aliphatic carbocycles. The number of rotatable bonds is 7. The number of nitrogens with one attached hydrogen (secondary N) is 1. The van der Waals surface area contributed by atoms with Gasteiger partial charge in [-0.05, 0) is 49.1 Å². The first kappa shape index (κ1) is 31.5. The number of nitrogens with zero attached hydrogens (tertiary/aromatic N) is 2. The molecule has 0 aromatic heterocycles. The minimum absolute atomic E-state index is 0.0528. The van der Waals surface area contributed by atoms with Crippen molar-refractivity contribution in [3.63, 3.8) is 0 Å². The highest BCUT2D eigenvalue weighted by molar-refractivity contribution is 6.05. The maximum absolute atomic E-state index is 14.6. The monoisotopic (exact) mass is 629 g/mol. The van der Waals surface area contributed by atoms with E-state index < -0.39 is 41.7 Å². The van der Waals surface area contributed by atoms with Crippen LogP contribution in [0, 0.1) is 11.8 Å². The molecule has 0 saturated carbocycles. The van der Waals surface area contributed by atoms with Crippen LogP contribution in [0.5, 0.6) is 5.75 Å². The van der Waals surface area contributed by atoms with Crippen molar-refractivity contribution >= 4 is 29.4 Å². The van der Waals surface area contributed by atoms with E-state index in [0.717, 1.165) is 0 Å². The third-order valence-corrected chi connectivity index (χ3v) is 9.24. The quantitative estimate of drug-likeness (QED) is 0.271. The van der Waals surface area contributed by atoms with E-state index in [-0.39, 0.29) is 50.4 Å². The third kappa shape index (κ3) is 5.80. The molecule has 11 nitrogen and oxygen atoms in total. The molecule has 4 aliphatic heterocycles. The van der Waals surface area contributed by atoms with E-state index in [4.69, 9.17) is 14.2 Å². The first-order valence-electron chi connectivity index (χ1n) is 15.8. The summed E-state index contributed by atoms with van der Waals surface area (Å²) in [7, 11) is 1.57. The summed E-state index contributed by atoms with van der Waals surface area (Å²) in [5.41, 5.74) is -0.107. The number of amides is 3. The third-order valence-electron chi connectivity index (χ3n) is 9.24. The summed E-state index contributed by atoms with van der Waals surface area (Å²) in [6.07, 6.45) is 6.99. The van der Waals surface area contributed by atoms with E-state index in [2.05, 4.69) is 5.32 Å².